The lowest BCUT2D eigenvalue weighted by atomic mass is 10.0. The van der Waals surface area contributed by atoms with E-state index in [1.54, 1.807) is 54.9 Å². The molecule has 0 aliphatic carbocycles. The maximum Gasteiger partial charge on any atom is 0.241 e. The molecule has 7 heteroatoms. The van der Waals surface area contributed by atoms with Gasteiger partial charge in [0, 0.05) is 34.5 Å². The van der Waals surface area contributed by atoms with Gasteiger partial charge in [0.05, 0.1) is 4.90 Å². The van der Waals surface area contributed by atoms with E-state index >= 15 is 0 Å². The molecule has 0 spiro atoms. The van der Waals surface area contributed by atoms with Gasteiger partial charge in [-0.3, -0.25) is 9.78 Å². The van der Waals surface area contributed by atoms with Crippen LogP contribution in [0.1, 0.15) is 10.4 Å². The summed E-state index contributed by atoms with van der Waals surface area (Å²) in [6, 6.07) is 11.9. The molecule has 1 amide bonds. The van der Waals surface area contributed by atoms with Crippen LogP contribution < -0.4 is 5.73 Å². The van der Waals surface area contributed by atoms with E-state index < -0.39 is 15.7 Å². The van der Waals surface area contributed by atoms with Crippen LogP contribution in [0.5, 0.6) is 0 Å². The molecule has 2 heterocycles. The molecular weight excluding hydrogens is 368 g/mol. The summed E-state index contributed by atoms with van der Waals surface area (Å²) < 4.78 is 26.5. The maximum absolute atomic E-state index is 13.1. The van der Waals surface area contributed by atoms with E-state index in [9.17, 15) is 13.2 Å². The van der Waals surface area contributed by atoms with Gasteiger partial charge in [0.15, 0.2) is 0 Å². The monoisotopic (exact) mass is 384 g/mol. The zero-order chi connectivity index (χ0) is 18.7. The van der Waals surface area contributed by atoms with Gasteiger partial charge in [-0.25, -0.2) is 8.42 Å². The third kappa shape index (κ3) is 3.58. The topological polar surface area (TPSA) is 90.1 Å². The number of amides is 1. The average Bonchev–Trinajstić information content (AvgIpc) is 3.07. The van der Waals surface area contributed by atoms with E-state index in [2.05, 4.69) is 4.98 Å². The Kier molecular flexibility index (Phi) is 5.01. The number of pyridine rings is 1. The SMILES string of the molecule is Cc1ccc(S(=O)(=O)c2ccccc2-c2ccncc2/C=C/C(N)=O)s1. The predicted octanol–water partition coefficient (Wildman–Crippen LogP) is 3.45. The fraction of sp³-hybridized carbons (Fsp3) is 0.0526. The number of benzene rings is 1. The number of nitrogens with zero attached hydrogens (tertiary/aromatic N) is 1. The molecular formula is C19H16N2O3S2. The largest absolute Gasteiger partial charge is 0.366 e. The summed E-state index contributed by atoms with van der Waals surface area (Å²) in [5.74, 6) is -0.588. The van der Waals surface area contributed by atoms with Gasteiger partial charge in [-0.1, -0.05) is 18.2 Å². The molecule has 0 unspecified atom stereocenters. The summed E-state index contributed by atoms with van der Waals surface area (Å²) >= 11 is 1.24. The van der Waals surface area contributed by atoms with Crippen molar-refractivity contribution in [3.63, 3.8) is 0 Å². The Labute approximate surface area is 155 Å². The molecule has 0 radical (unpaired) electrons. The van der Waals surface area contributed by atoms with E-state index in [1.807, 2.05) is 6.92 Å². The molecule has 0 bridgehead atoms. The van der Waals surface area contributed by atoms with Crippen LogP contribution in [0.3, 0.4) is 0 Å². The minimum absolute atomic E-state index is 0.210. The highest BCUT2D eigenvalue weighted by molar-refractivity contribution is 7.93. The molecule has 26 heavy (non-hydrogen) atoms. The normalized spacial score (nSPS) is 11.7. The first-order chi connectivity index (χ1) is 12.4. The second kappa shape index (κ2) is 7.23. The van der Waals surface area contributed by atoms with Crippen LogP contribution in [0.25, 0.3) is 17.2 Å². The Bertz CT molecular complexity index is 1100. The summed E-state index contributed by atoms with van der Waals surface area (Å²) in [5.41, 5.74) is 6.98. The lowest BCUT2D eigenvalue weighted by Crippen LogP contribution is -2.05. The van der Waals surface area contributed by atoms with Crippen LogP contribution in [0, 0.1) is 6.92 Å². The number of nitrogens with two attached hydrogens (primary N) is 1. The molecule has 0 fully saturated rings. The number of hydrogen-bond acceptors (Lipinski definition) is 5. The second-order valence-corrected chi connectivity index (χ2v) is 9.00. The highest BCUT2D eigenvalue weighted by Crippen LogP contribution is 2.35. The van der Waals surface area contributed by atoms with Gasteiger partial charge in [-0.15, -0.1) is 11.3 Å². The number of primary amides is 1. The lowest BCUT2D eigenvalue weighted by Gasteiger charge is -2.12. The second-order valence-electron chi connectivity index (χ2n) is 5.56. The van der Waals surface area contributed by atoms with Gasteiger partial charge < -0.3 is 5.73 Å². The van der Waals surface area contributed by atoms with Crippen molar-refractivity contribution in [3.8, 4) is 11.1 Å². The molecule has 2 N–H and O–H groups in total. The smallest absolute Gasteiger partial charge is 0.241 e. The molecule has 0 atom stereocenters. The quantitative estimate of drug-likeness (QED) is 0.682. The van der Waals surface area contributed by atoms with Crippen molar-refractivity contribution in [1.29, 1.82) is 0 Å². The van der Waals surface area contributed by atoms with Gasteiger partial charge in [0.1, 0.15) is 4.21 Å². The summed E-state index contributed by atoms with van der Waals surface area (Å²) in [6.07, 6.45) is 5.90. The molecule has 132 valence electrons. The highest BCUT2D eigenvalue weighted by atomic mass is 32.2. The van der Waals surface area contributed by atoms with Crippen molar-refractivity contribution >= 4 is 33.2 Å². The van der Waals surface area contributed by atoms with Crippen molar-refractivity contribution in [2.75, 3.05) is 0 Å². The van der Waals surface area contributed by atoms with Crippen LogP contribution in [0.4, 0.5) is 0 Å². The molecule has 0 saturated heterocycles. The molecule has 2 aromatic heterocycles. The fourth-order valence-electron chi connectivity index (χ4n) is 2.55. The van der Waals surface area contributed by atoms with Gasteiger partial charge in [0.2, 0.25) is 15.7 Å². The number of thiophene rings is 1. The highest BCUT2D eigenvalue weighted by Gasteiger charge is 2.23. The number of sulfone groups is 1. The van der Waals surface area contributed by atoms with Gasteiger partial charge in [-0.2, -0.15) is 0 Å². The maximum atomic E-state index is 13.1. The first kappa shape index (κ1) is 18.0. The van der Waals surface area contributed by atoms with Crippen LogP contribution >= 0.6 is 11.3 Å². The zero-order valence-corrected chi connectivity index (χ0v) is 15.5. The van der Waals surface area contributed by atoms with Crippen molar-refractivity contribution in [2.24, 2.45) is 5.73 Å². The Morgan fingerprint density at radius 3 is 2.58 bits per heavy atom. The fourth-order valence-corrected chi connectivity index (χ4v) is 5.43. The van der Waals surface area contributed by atoms with Crippen LogP contribution in [0.2, 0.25) is 0 Å². The van der Waals surface area contributed by atoms with Gasteiger partial charge in [-0.05, 0) is 42.8 Å². The minimum atomic E-state index is -3.66. The standard InChI is InChI=1S/C19H16N2O3S2/c1-13-6-9-19(25-13)26(23,24)17-5-3-2-4-16(17)15-10-11-21-12-14(15)7-8-18(20)22/h2-12H,1H3,(H2,20,22)/b8-7+. The van der Waals surface area contributed by atoms with Crippen LogP contribution in [-0.4, -0.2) is 19.3 Å². The van der Waals surface area contributed by atoms with E-state index in [1.165, 1.54) is 23.5 Å². The Morgan fingerprint density at radius 1 is 1.12 bits per heavy atom. The third-order valence-electron chi connectivity index (χ3n) is 3.73. The summed E-state index contributed by atoms with van der Waals surface area (Å²) in [7, 11) is -3.66. The lowest BCUT2D eigenvalue weighted by molar-refractivity contribution is -0.113. The average molecular weight is 384 g/mol. The number of aromatic nitrogens is 1. The Morgan fingerprint density at radius 2 is 1.88 bits per heavy atom. The van der Waals surface area contributed by atoms with Gasteiger partial charge >= 0.3 is 0 Å². The minimum Gasteiger partial charge on any atom is -0.366 e. The van der Waals surface area contributed by atoms with Crippen LogP contribution in [-0.2, 0) is 14.6 Å². The van der Waals surface area contributed by atoms with E-state index in [0.717, 1.165) is 4.88 Å². The van der Waals surface area contributed by atoms with Gasteiger partial charge in [0.25, 0.3) is 0 Å². The first-order valence-electron chi connectivity index (χ1n) is 7.72. The van der Waals surface area contributed by atoms with E-state index in [4.69, 9.17) is 5.73 Å². The summed E-state index contributed by atoms with van der Waals surface area (Å²) in [4.78, 5) is 16.2. The Balaban J connectivity index is 2.20. The number of carbonyl (C=O) groups is 1. The molecule has 0 aliphatic heterocycles. The first-order valence-corrected chi connectivity index (χ1v) is 10.0. The van der Waals surface area contributed by atoms with E-state index in [0.29, 0.717) is 20.9 Å². The van der Waals surface area contributed by atoms with Crippen molar-refractivity contribution in [1.82, 2.24) is 4.98 Å². The third-order valence-corrected chi connectivity index (χ3v) is 7.03. The van der Waals surface area contributed by atoms with Crippen molar-refractivity contribution < 1.29 is 13.2 Å². The number of hydrogen-bond donors (Lipinski definition) is 1. The van der Waals surface area contributed by atoms with Crippen molar-refractivity contribution in [2.45, 2.75) is 16.0 Å². The Hall–Kier alpha value is -2.77. The van der Waals surface area contributed by atoms with Crippen LogP contribution in [0.15, 0.2) is 70.0 Å². The molecule has 0 aliphatic rings. The number of rotatable bonds is 5. The number of aryl methyl sites for hydroxylation is 1. The number of carbonyl (C=O) groups excluding carboxylic acids is 1. The van der Waals surface area contributed by atoms with E-state index in [-0.39, 0.29) is 4.90 Å². The molecule has 0 saturated carbocycles. The molecule has 3 rings (SSSR count). The molecule has 3 aromatic rings. The zero-order valence-electron chi connectivity index (χ0n) is 13.9. The summed E-state index contributed by atoms with van der Waals surface area (Å²) in [6.45, 7) is 1.87. The summed E-state index contributed by atoms with van der Waals surface area (Å²) in [5, 5.41) is 0. The predicted molar refractivity (Wildman–Crippen MR) is 102 cm³/mol. The molecule has 5 nitrogen and oxygen atoms in total. The molecule has 1 aromatic carbocycles. The van der Waals surface area contributed by atoms with Crippen molar-refractivity contribution in [3.05, 3.63) is 71.4 Å².